The summed E-state index contributed by atoms with van der Waals surface area (Å²) < 4.78 is 3.14. The van der Waals surface area contributed by atoms with Gasteiger partial charge in [0.05, 0.1) is 17.4 Å². The van der Waals surface area contributed by atoms with Crippen molar-refractivity contribution in [1.29, 1.82) is 0 Å². The Bertz CT molecular complexity index is 1300. The van der Waals surface area contributed by atoms with Gasteiger partial charge in [-0.15, -0.1) is 0 Å². The highest BCUT2D eigenvalue weighted by molar-refractivity contribution is 5.76. The summed E-state index contributed by atoms with van der Waals surface area (Å²) in [5.74, 6) is -0.144. The van der Waals surface area contributed by atoms with E-state index in [2.05, 4.69) is 20.5 Å². The molecule has 0 radical (unpaired) electrons. The maximum absolute atomic E-state index is 12.9. The summed E-state index contributed by atoms with van der Waals surface area (Å²) in [5.41, 5.74) is 5.81. The number of aromatic nitrogens is 5. The Kier molecular flexibility index (Phi) is 5.46. The molecule has 160 valence electrons. The van der Waals surface area contributed by atoms with Crippen LogP contribution < -0.4 is 10.9 Å². The summed E-state index contributed by atoms with van der Waals surface area (Å²) >= 11 is 0. The third kappa shape index (κ3) is 4.28. The third-order valence-electron chi connectivity index (χ3n) is 5.62. The largest absolute Gasteiger partial charge is 0.347 e. The van der Waals surface area contributed by atoms with Gasteiger partial charge >= 0.3 is 0 Å². The van der Waals surface area contributed by atoms with Gasteiger partial charge in [-0.25, -0.2) is 9.50 Å². The van der Waals surface area contributed by atoms with Crippen LogP contribution in [0.3, 0.4) is 0 Å². The SMILES string of the molecule is Cc1cc2nc(CC(NC(=O)Cn3nc(C)c(C)c3C)c3ccccc3)cc(=O)n2[nH]1. The number of rotatable bonds is 6. The topological polar surface area (TPSA) is 97.1 Å². The second-order valence-corrected chi connectivity index (χ2v) is 7.91. The van der Waals surface area contributed by atoms with Crippen LogP contribution in [0.2, 0.25) is 0 Å². The molecule has 0 fully saturated rings. The number of fused-ring (bicyclic) bond motifs is 1. The number of amides is 1. The molecule has 1 unspecified atom stereocenters. The molecule has 31 heavy (non-hydrogen) atoms. The van der Waals surface area contributed by atoms with Crippen molar-refractivity contribution in [2.24, 2.45) is 0 Å². The normalized spacial score (nSPS) is 12.3. The molecule has 1 atom stereocenters. The summed E-state index contributed by atoms with van der Waals surface area (Å²) in [6.07, 6.45) is 0.405. The van der Waals surface area contributed by atoms with E-state index in [-0.39, 0.29) is 24.1 Å². The van der Waals surface area contributed by atoms with Crippen molar-refractivity contribution in [1.82, 2.24) is 29.7 Å². The number of carbonyl (C=O) groups excluding carboxylic acids is 1. The Morgan fingerprint density at radius 1 is 1.13 bits per heavy atom. The molecule has 0 spiro atoms. The molecule has 8 heteroatoms. The van der Waals surface area contributed by atoms with Gasteiger partial charge in [0.2, 0.25) is 5.91 Å². The van der Waals surface area contributed by atoms with Gasteiger partial charge in [-0.2, -0.15) is 5.10 Å². The van der Waals surface area contributed by atoms with E-state index in [0.29, 0.717) is 17.8 Å². The first-order valence-electron chi connectivity index (χ1n) is 10.2. The van der Waals surface area contributed by atoms with Gasteiger partial charge in [0.25, 0.3) is 5.56 Å². The zero-order chi connectivity index (χ0) is 22.1. The number of benzene rings is 1. The van der Waals surface area contributed by atoms with E-state index in [0.717, 1.165) is 28.2 Å². The Morgan fingerprint density at radius 2 is 1.87 bits per heavy atom. The first-order valence-corrected chi connectivity index (χ1v) is 10.2. The fraction of sp³-hybridized carbons (Fsp3) is 0.304. The second-order valence-electron chi connectivity index (χ2n) is 7.91. The number of nitrogens with zero attached hydrogens (tertiary/aromatic N) is 4. The molecule has 8 nitrogen and oxygen atoms in total. The van der Waals surface area contributed by atoms with Crippen LogP contribution in [0.15, 0.2) is 47.3 Å². The first-order chi connectivity index (χ1) is 14.8. The molecule has 0 bridgehead atoms. The summed E-state index contributed by atoms with van der Waals surface area (Å²) in [7, 11) is 0. The summed E-state index contributed by atoms with van der Waals surface area (Å²) in [6.45, 7) is 7.91. The Morgan fingerprint density at radius 3 is 2.55 bits per heavy atom. The fourth-order valence-electron chi connectivity index (χ4n) is 3.73. The standard InChI is InChI=1S/C23H26N6O2/c1-14-10-21-24-19(12-23(31)29(21)26-14)11-20(18-8-6-5-7-9-18)25-22(30)13-28-17(4)15(2)16(3)27-28/h5-10,12,20,26H,11,13H2,1-4H3,(H,25,30). The van der Waals surface area contributed by atoms with E-state index < -0.39 is 0 Å². The Hall–Kier alpha value is -3.68. The van der Waals surface area contributed by atoms with Crippen LogP contribution in [0.25, 0.3) is 5.65 Å². The highest BCUT2D eigenvalue weighted by Crippen LogP contribution is 2.18. The quantitative estimate of drug-likeness (QED) is 0.503. The van der Waals surface area contributed by atoms with E-state index >= 15 is 0 Å². The molecular formula is C23H26N6O2. The molecule has 0 aliphatic rings. The number of H-pyrrole nitrogens is 1. The molecule has 0 aliphatic carbocycles. The van der Waals surface area contributed by atoms with Crippen molar-refractivity contribution < 1.29 is 4.79 Å². The smallest absolute Gasteiger partial charge is 0.272 e. The number of carbonyl (C=O) groups is 1. The minimum atomic E-state index is -0.318. The molecule has 0 saturated heterocycles. The average Bonchev–Trinajstić information content (AvgIpc) is 3.23. The van der Waals surface area contributed by atoms with E-state index in [1.54, 1.807) is 4.68 Å². The minimum absolute atomic E-state index is 0.135. The Labute approximate surface area is 179 Å². The van der Waals surface area contributed by atoms with Crippen molar-refractivity contribution in [3.8, 4) is 0 Å². The third-order valence-corrected chi connectivity index (χ3v) is 5.62. The van der Waals surface area contributed by atoms with E-state index in [1.165, 1.54) is 10.6 Å². The lowest BCUT2D eigenvalue weighted by Gasteiger charge is -2.19. The molecule has 3 heterocycles. The number of nitrogens with one attached hydrogen (secondary N) is 2. The van der Waals surface area contributed by atoms with Crippen LogP contribution in [0, 0.1) is 27.7 Å². The van der Waals surface area contributed by atoms with Gasteiger partial charge in [-0.3, -0.25) is 19.4 Å². The lowest BCUT2D eigenvalue weighted by Crippen LogP contribution is -2.33. The van der Waals surface area contributed by atoms with E-state index in [4.69, 9.17) is 0 Å². The Balaban J connectivity index is 1.60. The van der Waals surface area contributed by atoms with Gasteiger partial charge < -0.3 is 5.32 Å². The monoisotopic (exact) mass is 418 g/mol. The van der Waals surface area contributed by atoms with Crippen molar-refractivity contribution in [2.45, 2.75) is 46.7 Å². The van der Waals surface area contributed by atoms with Gasteiger partial charge in [0, 0.05) is 29.9 Å². The fourth-order valence-corrected chi connectivity index (χ4v) is 3.73. The molecule has 0 aliphatic heterocycles. The zero-order valence-electron chi connectivity index (χ0n) is 18.1. The zero-order valence-corrected chi connectivity index (χ0v) is 18.1. The maximum atomic E-state index is 12.9. The molecule has 1 amide bonds. The van der Waals surface area contributed by atoms with Crippen LogP contribution in [0.1, 0.15) is 39.9 Å². The molecule has 0 saturated carbocycles. The van der Waals surface area contributed by atoms with Gasteiger partial charge in [-0.05, 0) is 38.8 Å². The molecule has 3 aromatic heterocycles. The van der Waals surface area contributed by atoms with Crippen molar-refractivity contribution in [3.63, 3.8) is 0 Å². The number of aryl methyl sites for hydroxylation is 2. The second kappa shape index (κ2) is 8.22. The molecular weight excluding hydrogens is 392 g/mol. The number of aromatic amines is 1. The van der Waals surface area contributed by atoms with Crippen LogP contribution in [0.4, 0.5) is 0 Å². The predicted molar refractivity (Wildman–Crippen MR) is 118 cm³/mol. The van der Waals surface area contributed by atoms with Crippen LogP contribution >= 0.6 is 0 Å². The van der Waals surface area contributed by atoms with Crippen molar-refractivity contribution in [3.05, 3.63) is 86.7 Å². The van der Waals surface area contributed by atoms with Gasteiger partial charge in [-0.1, -0.05) is 30.3 Å². The molecule has 1 aromatic carbocycles. The lowest BCUT2D eigenvalue weighted by molar-refractivity contribution is -0.122. The summed E-state index contributed by atoms with van der Waals surface area (Å²) in [5, 5.41) is 10.5. The lowest BCUT2D eigenvalue weighted by atomic mass is 10.0. The number of hydrogen-bond acceptors (Lipinski definition) is 4. The van der Waals surface area contributed by atoms with Gasteiger partial charge in [0.15, 0.2) is 5.65 Å². The maximum Gasteiger partial charge on any atom is 0.272 e. The van der Waals surface area contributed by atoms with Crippen molar-refractivity contribution >= 4 is 11.6 Å². The van der Waals surface area contributed by atoms with Crippen LogP contribution in [0.5, 0.6) is 0 Å². The average molecular weight is 419 g/mol. The van der Waals surface area contributed by atoms with Crippen LogP contribution in [-0.2, 0) is 17.8 Å². The van der Waals surface area contributed by atoms with Gasteiger partial charge in [0.1, 0.15) is 6.54 Å². The number of hydrogen-bond donors (Lipinski definition) is 2. The highest BCUT2D eigenvalue weighted by Gasteiger charge is 2.19. The predicted octanol–water partition coefficient (Wildman–Crippen LogP) is 2.55. The first kappa shape index (κ1) is 20.6. The highest BCUT2D eigenvalue weighted by atomic mass is 16.2. The summed E-state index contributed by atoms with van der Waals surface area (Å²) in [4.78, 5) is 29.9. The molecule has 4 aromatic rings. The van der Waals surface area contributed by atoms with E-state index in [1.807, 2.05) is 64.1 Å². The van der Waals surface area contributed by atoms with Crippen molar-refractivity contribution in [2.75, 3.05) is 0 Å². The van der Waals surface area contributed by atoms with Crippen LogP contribution in [-0.4, -0.2) is 30.3 Å². The molecule has 2 N–H and O–H groups in total. The summed E-state index contributed by atoms with van der Waals surface area (Å²) in [6, 6.07) is 12.7. The molecule has 4 rings (SSSR count). The minimum Gasteiger partial charge on any atom is -0.347 e. The van der Waals surface area contributed by atoms with E-state index in [9.17, 15) is 9.59 Å².